The number of hydrogen-bond donors (Lipinski definition) is 1. The summed E-state index contributed by atoms with van der Waals surface area (Å²) in [5.41, 5.74) is 7.75. The van der Waals surface area contributed by atoms with E-state index in [1.165, 1.54) is 5.56 Å². The summed E-state index contributed by atoms with van der Waals surface area (Å²) < 4.78 is 0. The summed E-state index contributed by atoms with van der Waals surface area (Å²) in [6, 6.07) is 8.01. The number of carbonyl (C=O) groups excluding carboxylic acids is 1. The molecule has 1 atom stereocenters. The van der Waals surface area contributed by atoms with Crippen LogP contribution in [-0.4, -0.2) is 23.9 Å². The summed E-state index contributed by atoms with van der Waals surface area (Å²) in [4.78, 5) is 13.3. The minimum atomic E-state index is 0.181. The lowest BCUT2D eigenvalue weighted by Crippen LogP contribution is -2.37. The molecule has 16 heavy (non-hydrogen) atoms. The predicted octanol–water partition coefficient (Wildman–Crippen LogP) is 1.99. The zero-order valence-electron chi connectivity index (χ0n) is 9.65. The lowest BCUT2D eigenvalue weighted by molar-refractivity contribution is -0.130. The topological polar surface area (TPSA) is 46.3 Å². The molecule has 1 amide bonds. The molecular weight excluding hydrogens is 200 g/mol. The van der Waals surface area contributed by atoms with Crippen molar-refractivity contribution in [3.63, 3.8) is 0 Å². The first-order chi connectivity index (χ1) is 7.66. The lowest BCUT2D eigenvalue weighted by Gasteiger charge is -2.32. The van der Waals surface area contributed by atoms with E-state index in [-0.39, 0.29) is 5.91 Å². The molecule has 0 saturated carbocycles. The quantitative estimate of drug-likeness (QED) is 0.733. The van der Waals surface area contributed by atoms with Gasteiger partial charge >= 0.3 is 0 Å². The van der Waals surface area contributed by atoms with Crippen molar-refractivity contribution < 1.29 is 4.79 Å². The number of nitrogens with zero attached hydrogens (tertiary/aromatic N) is 1. The van der Waals surface area contributed by atoms with E-state index in [0.717, 1.165) is 31.6 Å². The zero-order valence-corrected chi connectivity index (χ0v) is 9.65. The van der Waals surface area contributed by atoms with Crippen molar-refractivity contribution in [2.75, 3.05) is 18.8 Å². The van der Waals surface area contributed by atoms with Crippen LogP contribution in [0.4, 0.5) is 5.69 Å². The largest absolute Gasteiger partial charge is 0.399 e. The monoisotopic (exact) mass is 218 g/mol. The summed E-state index contributed by atoms with van der Waals surface area (Å²) >= 11 is 0. The van der Waals surface area contributed by atoms with Crippen molar-refractivity contribution in [1.82, 2.24) is 4.90 Å². The Bertz CT molecular complexity index is 372. The molecule has 3 heteroatoms. The summed E-state index contributed by atoms with van der Waals surface area (Å²) in [6.07, 6.45) is 2.25. The molecule has 2 rings (SSSR count). The second kappa shape index (κ2) is 4.56. The average molecular weight is 218 g/mol. The van der Waals surface area contributed by atoms with Gasteiger partial charge in [-0.15, -0.1) is 0 Å². The molecule has 1 heterocycles. The first kappa shape index (κ1) is 11.0. The van der Waals surface area contributed by atoms with Gasteiger partial charge in [0.25, 0.3) is 0 Å². The number of nitrogens with two attached hydrogens (primary N) is 1. The molecule has 1 saturated heterocycles. The summed E-state index contributed by atoms with van der Waals surface area (Å²) in [5.74, 6) is 0.651. The van der Waals surface area contributed by atoms with E-state index in [0.29, 0.717) is 5.92 Å². The number of hydrogen-bond acceptors (Lipinski definition) is 2. The normalized spacial score (nSPS) is 20.8. The average Bonchev–Trinajstić information content (AvgIpc) is 2.30. The molecule has 1 aliphatic rings. The van der Waals surface area contributed by atoms with E-state index in [9.17, 15) is 4.79 Å². The third-order valence-electron chi connectivity index (χ3n) is 3.27. The summed E-state index contributed by atoms with van der Waals surface area (Å²) in [7, 11) is 0. The Morgan fingerprint density at radius 2 is 2.06 bits per heavy atom. The van der Waals surface area contributed by atoms with Gasteiger partial charge in [-0.2, -0.15) is 0 Å². The standard InChI is InChI=1S/C13H18N2O/c1-10(16)15-8-2-3-12(9-15)11-4-6-13(14)7-5-11/h4-7,12H,2-3,8-9,14H2,1H3/t12-/m1/s1. The second-order valence-electron chi connectivity index (χ2n) is 4.47. The molecular formula is C13H18N2O. The molecule has 0 bridgehead atoms. The van der Waals surface area contributed by atoms with Gasteiger partial charge < -0.3 is 10.6 Å². The van der Waals surface area contributed by atoms with Crippen molar-refractivity contribution in [3.8, 4) is 0 Å². The molecule has 0 radical (unpaired) electrons. The number of piperidine rings is 1. The Kier molecular flexibility index (Phi) is 3.13. The van der Waals surface area contributed by atoms with Crippen LogP contribution < -0.4 is 5.73 Å². The van der Waals surface area contributed by atoms with Crippen molar-refractivity contribution >= 4 is 11.6 Å². The highest BCUT2D eigenvalue weighted by molar-refractivity contribution is 5.73. The highest BCUT2D eigenvalue weighted by Crippen LogP contribution is 2.27. The number of rotatable bonds is 1. The zero-order chi connectivity index (χ0) is 11.5. The van der Waals surface area contributed by atoms with E-state index in [2.05, 4.69) is 12.1 Å². The highest BCUT2D eigenvalue weighted by atomic mass is 16.2. The van der Waals surface area contributed by atoms with Crippen LogP contribution in [0.1, 0.15) is 31.2 Å². The maximum absolute atomic E-state index is 11.3. The summed E-state index contributed by atoms with van der Waals surface area (Å²) in [6.45, 7) is 3.39. The minimum absolute atomic E-state index is 0.181. The van der Waals surface area contributed by atoms with Gasteiger partial charge in [-0.05, 0) is 30.5 Å². The fraction of sp³-hybridized carbons (Fsp3) is 0.462. The lowest BCUT2D eigenvalue weighted by atomic mass is 9.90. The van der Waals surface area contributed by atoms with Gasteiger partial charge in [-0.25, -0.2) is 0 Å². The van der Waals surface area contributed by atoms with Crippen LogP contribution in [0.3, 0.4) is 0 Å². The smallest absolute Gasteiger partial charge is 0.219 e. The number of amides is 1. The Morgan fingerprint density at radius 3 is 2.69 bits per heavy atom. The summed E-state index contributed by atoms with van der Waals surface area (Å²) in [5, 5.41) is 0. The Morgan fingerprint density at radius 1 is 1.38 bits per heavy atom. The van der Waals surface area contributed by atoms with Gasteiger partial charge in [-0.3, -0.25) is 4.79 Å². The molecule has 86 valence electrons. The van der Waals surface area contributed by atoms with Crippen LogP contribution in [0.15, 0.2) is 24.3 Å². The number of nitrogen functional groups attached to an aromatic ring is 1. The van der Waals surface area contributed by atoms with Gasteiger partial charge in [0.05, 0.1) is 0 Å². The number of benzene rings is 1. The molecule has 1 aromatic rings. The molecule has 1 fully saturated rings. The molecule has 0 aliphatic carbocycles. The van der Waals surface area contributed by atoms with E-state index in [4.69, 9.17) is 5.73 Å². The Hall–Kier alpha value is -1.51. The van der Waals surface area contributed by atoms with Gasteiger partial charge in [0.2, 0.25) is 5.91 Å². The van der Waals surface area contributed by atoms with Crippen LogP contribution in [0, 0.1) is 0 Å². The van der Waals surface area contributed by atoms with Gasteiger partial charge in [0.1, 0.15) is 0 Å². The van der Waals surface area contributed by atoms with Crippen LogP contribution in [0.2, 0.25) is 0 Å². The van der Waals surface area contributed by atoms with Gasteiger partial charge in [-0.1, -0.05) is 12.1 Å². The fourth-order valence-corrected chi connectivity index (χ4v) is 2.30. The first-order valence-electron chi connectivity index (χ1n) is 5.78. The van der Waals surface area contributed by atoms with Crippen molar-refractivity contribution in [3.05, 3.63) is 29.8 Å². The molecule has 3 nitrogen and oxygen atoms in total. The first-order valence-corrected chi connectivity index (χ1v) is 5.78. The SMILES string of the molecule is CC(=O)N1CCC[C@@H](c2ccc(N)cc2)C1. The van der Waals surface area contributed by atoms with Crippen LogP contribution in [0.25, 0.3) is 0 Å². The number of anilines is 1. The van der Waals surface area contributed by atoms with Gasteiger partial charge in [0.15, 0.2) is 0 Å². The van der Waals surface area contributed by atoms with Gasteiger partial charge in [0, 0.05) is 31.6 Å². The molecule has 1 aromatic carbocycles. The van der Waals surface area contributed by atoms with E-state index >= 15 is 0 Å². The molecule has 0 unspecified atom stereocenters. The van der Waals surface area contributed by atoms with E-state index in [1.54, 1.807) is 6.92 Å². The number of likely N-dealkylation sites (tertiary alicyclic amines) is 1. The van der Waals surface area contributed by atoms with Crippen LogP contribution >= 0.6 is 0 Å². The van der Waals surface area contributed by atoms with Crippen molar-refractivity contribution in [2.45, 2.75) is 25.7 Å². The maximum atomic E-state index is 11.3. The van der Waals surface area contributed by atoms with Crippen molar-refractivity contribution in [1.29, 1.82) is 0 Å². The minimum Gasteiger partial charge on any atom is -0.399 e. The Balaban J connectivity index is 2.09. The molecule has 1 aliphatic heterocycles. The molecule has 0 aromatic heterocycles. The fourth-order valence-electron chi connectivity index (χ4n) is 2.30. The molecule has 0 spiro atoms. The second-order valence-corrected chi connectivity index (χ2v) is 4.47. The predicted molar refractivity (Wildman–Crippen MR) is 65.1 cm³/mol. The molecule has 2 N–H and O–H groups in total. The van der Waals surface area contributed by atoms with E-state index < -0.39 is 0 Å². The number of carbonyl (C=O) groups is 1. The third-order valence-corrected chi connectivity index (χ3v) is 3.27. The highest BCUT2D eigenvalue weighted by Gasteiger charge is 2.22. The third kappa shape index (κ3) is 2.35. The Labute approximate surface area is 96.2 Å². The van der Waals surface area contributed by atoms with Crippen molar-refractivity contribution in [2.24, 2.45) is 0 Å². The van der Waals surface area contributed by atoms with E-state index in [1.807, 2.05) is 17.0 Å². The maximum Gasteiger partial charge on any atom is 0.219 e. The van der Waals surface area contributed by atoms with Crippen LogP contribution in [0.5, 0.6) is 0 Å². The van der Waals surface area contributed by atoms with Crippen LogP contribution in [-0.2, 0) is 4.79 Å².